The summed E-state index contributed by atoms with van der Waals surface area (Å²) in [5, 5.41) is 14.8. The fourth-order valence-electron chi connectivity index (χ4n) is 2.16. The number of allylic oxidation sites excluding steroid dienone is 1. The molecular formula is C17H34N2O2. The molecule has 4 nitrogen and oxygen atoms in total. The zero-order valence-electron chi connectivity index (χ0n) is 13.5. The third-order valence-corrected chi connectivity index (χ3v) is 3.48. The Bertz CT molecular complexity index is 245. The zero-order chi connectivity index (χ0) is 15.6. The smallest absolute Gasteiger partial charge is 0.220 e. The van der Waals surface area contributed by atoms with Crippen LogP contribution in [0.4, 0.5) is 0 Å². The molecule has 0 saturated heterocycles. The fourth-order valence-corrected chi connectivity index (χ4v) is 2.16. The second kappa shape index (κ2) is 17.2. The molecule has 0 fully saturated rings. The average Bonchev–Trinajstić information content (AvgIpc) is 2.49. The van der Waals surface area contributed by atoms with Crippen molar-refractivity contribution in [3.05, 3.63) is 12.7 Å². The maximum Gasteiger partial charge on any atom is 0.220 e. The van der Waals surface area contributed by atoms with Gasteiger partial charge in [-0.05, 0) is 38.6 Å². The van der Waals surface area contributed by atoms with Gasteiger partial charge in [-0.1, -0.05) is 38.2 Å². The van der Waals surface area contributed by atoms with E-state index < -0.39 is 0 Å². The maximum absolute atomic E-state index is 11.5. The van der Waals surface area contributed by atoms with Gasteiger partial charge < -0.3 is 10.4 Å². The number of nitrogens with one attached hydrogen (secondary N) is 2. The Morgan fingerprint density at radius 3 is 2.29 bits per heavy atom. The van der Waals surface area contributed by atoms with Gasteiger partial charge in [0.25, 0.3) is 0 Å². The molecule has 0 heterocycles. The summed E-state index contributed by atoms with van der Waals surface area (Å²) in [5.41, 5.74) is 0. The summed E-state index contributed by atoms with van der Waals surface area (Å²) in [6, 6.07) is 0. The molecular weight excluding hydrogens is 264 g/mol. The van der Waals surface area contributed by atoms with Crippen molar-refractivity contribution < 1.29 is 9.90 Å². The molecule has 0 bridgehead atoms. The van der Waals surface area contributed by atoms with E-state index in [2.05, 4.69) is 17.2 Å². The van der Waals surface area contributed by atoms with Crippen molar-refractivity contribution in [1.29, 1.82) is 0 Å². The van der Waals surface area contributed by atoms with E-state index in [1.807, 2.05) is 6.08 Å². The molecule has 1 amide bonds. The number of carbonyl (C=O) groups is 1. The minimum Gasteiger partial charge on any atom is -0.396 e. The van der Waals surface area contributed by atoms with Gasteiger partial charge in [0, 0.05) is 13.0 Å². The monoisotopic (exact) mass is 298 g/mol. The van der Waals surface area contributed by atoms with Crippen LogP contribution in [0.15, 0.2) is 12.7 Å². The van der Waals surface area contributed by atoms with Gasteiger partial charge in [-0.25, -0.2) is 0 Å². The molecule has 4 heteroatoms. The Balaban J connectivity index is 3.10. The Hall–Kier alpha value is -0.870. The second-order valence-corrected chi connectivity index (χ2v) is 5.51. The van der Waals surface area contributed by atoms with Gasteiger partial charge in [0.05, 0.1) is 6.67 Å². The normalized spacial score (nSPS) is 10.5. The molecule has 0 rings (SSSR count). The Labute approximate surface area is 130 Å². The van der Waals surface area contributed by atoms with Gasteiger partial charge in [-0.3, -0.25) is 10.1 Å². The van der Waals surface area contributed by atoms with Crippen molar-refractivity contribution >= 4 is 5.91 Å². The molecule has 124 valence electrons. The van der Waals surface area contributed by atoms with E-state index in [9.17, 15) is 4.79 Å². The minimum absolute atomic E-state index is 0.135. The fraction of sp³-hybridized carbons (Fsp3) is 0.824. The van der Waals surface area contributed by atoms with Crippen molar-refractivity contribution in [3.63, 3.8) is 0 Å². The molecule has 0 spiro atoms. The van der Waals surface area contributed by atoms with Gasteiger partial charge in [0.15, 0.2) is 0 Å². The largest absolute Gasteiger partial charge is 0.396 e. The van der Waals surface area contributed by atoms with E-state index in [1.165, 1.54) is 25.7 Å². The summed E-state index contributed by atoms with van der Waals surface area (Å²) in [6.07, 6.45) is 13.7. The first-order valence-electron chi connectivity index (χ1n) is 8.50. The summed E-state index contributed by atoms with van der Waals surface area (Å²) in [5.74, 6) is 0.135. The number of hydrogen-bond acceptors (Lipinski definition) is 3. The number of rotatable bonds is 16. The molecule has 0 aliphatic heterocycles. The molecule has 0 atom stereocenters. The molecule has 0 radical (unpaired) electrons. The predicted octanol–water partition coefficient (Wildman–Crippen LogP) is 3.12. The van der Waals surface area contributed by atoms with Crippen LogP contribution in [0.5, 0.6) is 0 Å². The number of amides is 1. The van der Waals surface area contributed by atoms with Crippen molar-refractivity contribution in [2.45, 2.75) is 70.6 Å². The number of aliphatic hydroxyl groups excluding tert-OH is 1. The Morgan fingerprint density at radius 1 is 0.952 bits per heavy atom. The highest BCUT2D eigenvalue weighted by Gasteiger charge is 1.99. The van der Waals surface area contributed by atoms with Crippen molar-refractivity contribution in [3.8, 4) is 0 Å². The number of carbonyl (C=O) groups excluding carboxylic acids is 1. The third-order valence-electron chi connectivity index (χ3n) is 3.48. The van der Waals surface area contributed by atoms with Crippen LogP contribution in [0, 0.1) is 0 Å². The van der Waals surface area contributed by atoms with Gasteiger partial charge in [0.1, 0.15) is 0 Å². The lowest BCUT2D eigenvalue weighted by Gasteiger charge is -2.07. The van der Waals surface area contributed by atoms with E-state index in [1.54, 1.807) is 0 Å². The molecule has 0 aromatic carbocycles. The highest BCUT2D eigenvalue weighted by molar-refractivity contribution is 5.75. The highest BCUT2D eigenvalue weighted by atomic mass is 16.2. The SMILES string of the molecule is C=CCCCCC(=O)NCNCCCCCCCCCO. The first-order chi connectivity index (χ1) is 10.3. The standard InChI is InChI=1S/C17H34N2O2/c1-2-3-4-10-13-17(21)19-16-18-14-11-8-6-5-7-9-12-15-20/h2,18,20H,1,3-16H2,(H,19,21). The summed E-state index contributed by atoms with van der Waals surface area (Å²) in [6.45, 7) is 5.54. The number of hydrogen-bond donors (Lipinski definition) is 3. The summed E-state index contributed by atoms with van der Waals surface area (Å²) in [4.78, 5) is 11.5. The van der Waals surface area contributed by atoms with Crippen LogP contribution in [-0.4, -0.2) is 30.8 Å². The van der Waals surface area contributed by atoms with E-state index in [0.717, 1.165) is 45.1 Å². The molecule has 3 N–H and O–H groups in total. The molecule has 0 aromatic heterocycles. The molecule has 0 aliphatic carbocycles. The second-order valence-electron chi connectivity index (χ2n) is 5.51. The third kappa shape index (κ3) is 17.1. The molecule has 0 unspecified atom stereocenters. The topological polar surface area (TPSA) is 61.4 Å². The van der Waals surface area contributed by atoms with Gasteiger partial charge in [-0.2, -0.15) is 0 Å². The average molecular weight is 298 g/mol. The van der Waals surface area contributed by atoms with Crippen molar-refractivity contribution in [1.82, 2.24) is 10.6 Å². The summed E-state index contributed by atoms with van der Waals surface area (Å²) >= 11 is 0. The van der Waals surface area contributed by atoms with E-state index in [4.69, 9.17) is 5.11 Å². The van der Waals surface area contributed by atoms with E-state index >= 15 is 0 Å². The Morgan fingerprint density at radius 2 is 1.62 bits per heavy atom. The van der Waals surface area contributed by atoms with Crippen LogP contribution in [0.1, 0.15) is 70.6 Å². The maximum atomic E-state index is 11.5. The van der Waals surface area contributed by atoms with Crippen LogP contribution in [0.2, 0.25) is 0 Å². The number of aliphatic hydroxyl groups is 1. The van der Waals surface area contributed by atoms with Crippen molar-refractivity contribution in [2.24, 2.45) is 0 Å². The molecule has 0 aliphatic rings. The quantitative estimate of drug-likeness (QED) is 0.233. The predicted molar refractivity (Wildman–Crippen MR) is 89.1 cm³/mol. The van der Waals surface area contributed by atoms with Crippen LogP contribution in [0.3, 0.4) is 0 Å². The van der Waals surface area contributed by atoms with Crippen LogP contribution in [-0.2, 0) is 4.79 Å². The molecule has 0 aromatic rings. The Kier molecular flexibility index (Phi) is 16.5. The van der Waals surface area contributed by atoms with Gasteiger partial charge in [-0.15, -0.1) is 6.58 Å². The lowest BCUT2D eigenvalue weighted by molar-refractivity contribution is -0.121. The van der Waals surface area contributed by atoms with Crippen LogP contribution >= 0.6 is 0 Å². The first kappa shape index (κ1) is 20.1. The number of unbranched alkanes of at least 4 members (excludes halogenated alkanes) is 8. The summed E-state index contributed by atoms with van der Waals surface area (Å²) < 4.78 is 0. The lowest BCUT2D eigenvalue weighted by atomic mass is 10.1. The lowest BCUT2D eigenvalue weighted by Crippen LogP contribution is -2.34. The highest BCUT2D eigenvalue weighted by Crippen LogP contribution is 2.06. The van der Waals surface area contributed by atoms with E-state index in [-0.39, 0.29) is 5.91 Å². The van der Waals surface area contributed by atoms with Crippen LogP contribution < -0.4 is 10.6 Å². The molecule has 21 heavy (non-hydrogen) atoms. The van der Waals surface area contributed by atoms with Crippen LogP contribution in [0.25, 0.3) is 0 Å². The van der Waals surface area contributed by atoms with Gasteiger partial charge in [0.2, 0.25) is 5.91 Å². The van der Waals surface area contributed by atoms with Gasteiger partial charge >= 0.3 is 0 Å². The zero-order valence-corrected chi connectivity index (χ0v) is 13.5. The first-order valence-corrected chi connectivity index (χ1v) is 8.50. The van der Waals surface area contributed by atoms with Crippen molar-refractivity contribution in [2.75, 3.05) is 19.8 Å². The molecule has 0 saturated carbocycles. The summed E-state index contributed by atoms with van der Waals surface area (Å²) in [7, 11) is 0. The van der Waals surface area contributed by atoms with E-state index in [0.29, 0.717) is 19.7 Å². The minimum atomic E-state index is 0.135.